The second kappa shape index (κ2) is 4.31. The number of ketones is 1. The highest BCUT2D eigenvalue weighted by Crippen LogP contribution is 2.26. The number of hydrogen-bond donors (Lipinski definition) is 0. The van der Waals surface area contributed by atoms with E-state index in [2.05, 4.69) is 9.97 Å². The molecule has 0 radical (unpaired) electrons. The van der Waals surface area contributed by atoms with E-state index in [9.17, 15) is 4.79 Å². The van der Waals surface area contributed by atoms with Crippen LogP contribution in [0.2, 0.25) is 0 Å². The Hall–Kier alpha value is -1.25. The van der Waals surface area contributed by atoms with Crippen LogP contribution in [0.5, 0.6) is 0 Å². The normalized spacial score (nSPS) is 23.1. The molecule has 1 aliphatic rings. The molecule has 0 saturated heterocycles. The molecule has 0 aliphatic heterocycles. The molecule has 1 heterocycles. The van der Waals surface area contributed by atoms with E-state index < -0.39 is 0 Å². The second-order valence-electron chi connectivity index (χ2n) is 3.75. The van der Waals surface area contributed by atoms with Crippen LogP contribution in [0.3, 0.4) is 0 Å². The zero-order valence-corrected chi connectivity index (χ0v) is 8.15. The van der Waals surface area contributed by atoms with Crippen LogP contribution in [-0.2, 0) is 4.79 Å². The van der Waals surface area contributed by atoms with Gasteiger partial charge in [0.1, 0.15) is 5.78 Å². The van der Waals surface area contributed by atoms with Gasteiger partial charge >= 0.3 is 0 Å². The van der Waals surface area contributed by atoms with Crippen molar-refractivity contribution in [2.45, 2.75) is 38.0 Å². The van der Waals surface area contributed by atoms with E-state index in [0.717, 1.165) is 25.0 Å². The first-order valence-electron chi connectivity index (χ1n) is 5.16. The maximum atomic E-state index is 11.7. The van der Waals surface area contributed by atoms with Gasteiger partial charge in [0.2, 0.25) is 0 Å². The van der Waals surface area contributed by atoms with Gasteiger partial charge in [-0.15, -0.1) is 0 Å². The van der Waals surface area contributed by atoms with Crippen LogP contribution in [0.1, 0.15) is 43.7 Å². The third-order valence-corrected chi connectivity index (χ3v) is 2.74. The summed E-state index contributed by atoms with van der Waals surface area (Å²) in [4.78, 5) is 20.0. The van der Waals surface area contributed by atoms with Crippen molar-refractivity contribution in [3.63, 3.8) is 0 Å². The Morgan fingerprint density at radius 2 is 2.14 bits per heavy atom. The van der Waals surface area contributed by atoms with E-state index in [1.54, 1.807) is 18.6 Å². The number of nitrogens with zero attached hydrogens (tertiary/aromatic N) is 2. The van der Waals surface area contributed by atoms with Crippen molar-refractivity contribution < 1.29 is 4.79 Å². The topological polar surface area (TPSA) is 42.9 Å². The van der Waals surface area contributed by atoms with Crippen LogP contribution in [0, 0.1) is 0 Å². The number of carbonyl (C=O) groups is 1. The molecular weight excluding hydrogens is 176 g/mol. The molecule has 1 aliphatic carbocycles. The summed E-state index contributed by atoms with van der Waals surface area (Å²) >= 11 is 0. The van der Waals surface area contributed by atoms with Gasteiger partial charge in [-0.05, 0) is 12.8 Å². The maximum Gasteiger partial charge on any atom is 0.141 e. The van der Waals surface area contributed by atoms with Gasteiger partial charge in [0, 0.05) is 25.0 Å². The smallest absolute Gasteiger partial charge is 0.141 e. The number of hydrogen-bond acceptors (Lipinski definition) is 3. The van der Waals surface area contributed by atoms with Gasteiger partial charge in [0.05, 0.1) is 11.6 Å². The minimum atomic E-state index is 0.00574. The summed E-state index contributed by atoms with van der Waals surface area (Å²) in [5.74, 6) is 0.342. The van der Waals surface area contributed by atoms with E-state index in [-0.39, 0.29) is 5.92 Å². The van der Waals surface area contributed by atoms with Crippen molar-refractivity contribution in [3.8, 4) is 0 Å². The first kappa shape index (κ1) is 9.31. The molecule has 74 valence electrons. The van der Waals surface area contributed by atoms with E-state index in [0.29, 0.717) is 12.2 Å². The zero-order valence-electron chi connectivity index (χ0n) is 8.15. The maximum absolute atomic E-state index is 11.7. The third-order valence-electron chi connectivity index (χ3n) is 2.74. The Morgan fingerprint density at radius 3 is 2.93 bits per heavy atom. The lowest BCUT2D eigenvalue weighted by atomic mass is 9.96. The molecule has 0 amide bonds. The summed E-state index contributed by atoms with van der Waals surface area (Å²) in [6.45, 7) is 0. The largest absolute Gasteiger partial charge is 0.299 e. The van der Waals surface area contributed by atoms with Gasteiger partial charge in [0.15, 0.2) is 0 Å². The lowest BCUT2D eigenvalue weighted by Gasteiger charge is -2.10. The molecule has 14 heavy (non-hydrogen) atoms. The standard InChI is InChI=1S/C11H14N2O/c14-11-5-3-1-2-4-9(11)10-8-12-6-7-13-10/h6-9H,1-5H2. The fourth-order valence-corrected chi connectivity index (χ4v) is 1.96. The summed E-state index contributed by atoms with van der Waals surface area (Å²) < 4.78 is 0. The van der Waals surface area contributed by atoms with Crippen molar-refractivity contribution >= 4 is 5.78 Å². The van der Waals surface area contributed by atoms with Crippen molar-refractivity contribution in [2.75, 3.05) is 0 Å². The third kappa shape index (κ3) is 1.97. The molecule has 1 aromatic heterocycles. The average Bonchev–Trinajstić information content (AvgIpc) is 2.44. The van der Waals surface area contributed by atoms with Gasteiger partial charge in [0.25, 0.3) is 0 Å². The Kier molecular flexibility index (Phi) is 2.87. The molecule has 0 aromatic carbocycles. The molecule has 1 aromatic rings. The van der Waals surface area contributed by atoms with Crippen LogP contribution < -0.4 is 0 Å². The fraction of sp³-hybridized carbons (Fsp3) is 0.545. The van der Waals surface area contributed by atoms with E-state index in [4.69, 9.17) is 0 Å². The quantitative estimate of drug-likeness (QED) is 0.637. The zero-order chi connectivity index (χ0) is 9.80. The SMILES string of the molecule is O=C1CCCCCC1c1cnccn1. The molecule has 1 unspecified atom stereocenters. The summed E-state index contributed by atoms with van der Waals surface area (Å²) in [6.07, 6.45) is 10.0. The summed E-state index contributed by atoms with van der Waals surface area (Å²) in [5.41, 5.74) is 0.847. The summed E-state index contributed by atoms with van der Waals surface area (Å²) in [6, 6.07) is 0. The molecule has 3 heteroatoms. The highest BCUT2D eigenvalue weighted by molar-refractivity contribution is 5.85. The summed E-state index contributed by atoms with van der Waals surface area (Å²) in [5, 5.41) is 0. The predicted molar refractivity (Wildman–Crippen MR) is 52.9 cm³/mol. The lowest BCUT2D eigenvalue weighted by molar-refractivity contribution is -0.120. The molecular formula is C11H14N2O. The predicted octanol–water partition coefficient (Wildman–Crippen LogP) is 2.09. The molecule has 1 saturated carbocycles. The summed E-state index contributed by atoms with van der Waals surface area (Å²) in [7, 11) is 0. The fourth-order valence-electron chi connectivity index (χ4n) is 1.96. The van der Waals surface area contributed by atoms with Gasteiger partial charge < -0.3 is 0 Å². The number of rotatable bonds is 1. The second-order valence-corrected chi connectivity index (χ2v) is 3.75. The highest BCUT2D eigenvalue weighted by Gasteiger charge is 2.23. The van der Waals surface area contributed by atoms with Crippen LogP contribution in [0.15, 0.2) is 18.6 Å². The minimum Gasteiger partial charge on any atom is -0.299 e. The molecule has 3 nitrogen and oxygen atoms in total. The van der Waals surface area contributed by atoms with Gasteiger partial charge in [-0.2, -0.15) is 0 Å². The number of carbonyl (C=O) groups excluding carboxylic acids is 1. The Balaban J connectivity index is 2.19. The van der Waals surface area contributed by atoms with E-state index >= 15 is 0 Å². The van der Waals surface area contributed by atoms with Crippen molar-refractivity contribution in [1.29, 1.82) is 0 Å². The molecule has 1 atom stereocenters. The number of Topliss-reactive ketones (excluding diaryl/α,β-unsaturated/α-hetero) is 1. The van der Waals surface area contributed by atoms with Crippen molar-refractivity contribution in [1.82, 2.24) is 9.97 Å². The average molecular weight is 190 g/mol. The molecule has 2 rings (SSSR count). The van der Waals surface area contributed by atoms with Gasteiger partial charge in [-0.3, -0.25) is 14.8 Å². The van der Waals surface area contributed by atoms with Crippen LogP contribution >= 0.6 is 0 Å². The molecule has 1 fully saturated rings. The van der Waals surface area contributed by atoms with Crippen molar-refractivity contribution in [2.24, 2.45) is 0 Å². The first-order valence-corrected chi connectivity index (χ1v) is 5.16. The lowest BCUT2D eigenvalue weighted by Crippen LogP contribution is -2.12. The van der Waals surface area contributed by atoms with E-state index in [1.807, 2.05) is 0 Å². The number of aromatic nitrogens is 2. The Morgan fingerprint density at radius 1 is 1.21 bits per heavy atom. The first-order chi connectivity index (χ1) is 6.88. The monoisotopic (exact) mass is 190 g/mol. The van der Waals surface area contributed by atoms with Gasteiger partial charge in [-0.1, -0.05) is 12.8 Å². The molecule has 0 N–H and O–H groups in total. The molecule has 0 spiro atoms. The molecule has 0 bridgehead atoms. The highest BCUT2D eigenvalue weighted by atomic mass is 16.1. The van der Waals surface area contributed by atoms with Gasteiger partial charge in [-0.25, -0.2) is 0 Å². The Labute approximate surface area is 83.6 Å². The van der Waals surface area contributed by atoms with Crippen LogP contribution in [0.4, 0.5) is 0 Å². The Bertz CT molecular complexity index is 310. The van der Waals surface area contributed by atoms with Crippen molar-refractivity contribution in [3.05, 3.63) is 24.3 Å². The minimum absolute atomic E-state index is 0.00574. The van der Waals surface area contributed by atoms with E-state index in [1.165, 1.54) is 6.42 Å². The van der Waals surface area contributed by atoms with Crippen LogP contribution in [-0.4, -0.2) is 15.8 Å². The van der Waals surface area contributed by atoms with Crippen LogP contribution in [0.25, 0.3) is 0 Å².